The van der Waals surface area contributed by atoms with Crippen LogP contribution in [0.5, 0.6) is 5.75 Å². The number of rotatable bonds is 14. The highest BCUT2D eigenvalue weighted by molar-refractivity contribution is 6.35. The number of carboxylic acid groups (broad SMARTS) is 1. The fourth-order valence-corrected chi connectivity index (χ4v) is 10.2. The van der Waals surface area contributed by atoms with Crippen molar-refractivity contribution in [1.29, 1.82) is 0 Å². The molecule has 2 saturated heterocycles. The number of hydrogen-bond acceptors (Lipinski definition) is 9. The van der Waals surface area contributed by atoms with Crippen molar-refractivity contribution < 1.29 is 38.2 Å². The first-order chi connectivity index (χ1) is 33.2. The SMILES string of the molecule is Cc1nc2ccc(C(=O)NCC(=O)N3CCN(CCn4c(C(=O)O)c(CCCOc5cccc6cc(F)ccc56)c5ccc(Cl)c(-c6c(C)nn(C)c6C)c54)CC3)cc2cc1C1CCC(=O)NC1=O. The lowest BCUT2D eigenvalue weighted by Crippen LogP contribution is -2.51. The van der Waals surface area contributed by atoms with E-state index in [0.717, 1.165) is 38.7 Å². The summed E-state index contributed by atoms with van der Waals surface area (Å²) in [4.78, 5) is 73.1. The van der Waals surface area contributed by atoms with Crippen LogP contribution in [0.25, 0.3) is 43.7 Å². The van der Waals surface area contributed by atoms with Crippen LogP contribution in [0, 0.1) is 26.6 Å². The quantitative estimate of drug-likeness (QED) is 0.0742. The zero-order chi connectivity index (χ0) is 48.7. The van der Waals surface area contributed by atoms with Gasteiger partial charge in [0.25, 0.3) is 5.91 Å². The predicted molar refractivity (Wildman–Crippen MR) is 260 cm³/mol. The Morgan fingerprint density at radius 1 is 0.913 bits per heavy atom. The van der Waals surface area contributed by atoms with Gasteiger partial charge in [-0.3, -0.25) is 39.1 Å². The summed E-state index contributed by atoms with van der Waals surface area (Å²) in [7, 11) is 1.87. The molecule has 1 unspecified atom stereocenters. The van der Waals surface area contributed by atoms with Crippen molar-refractivity contribution in [2.75, 3.05) is 45.9 Å². The average molecular weight is 955 g/mol. The van der Waals surface area contributed by atoms with Crippen LogP contribution < -0.4 is 15.4 Å². The molecule has 2 aliphatic rings. The molecule has 3 aromatic heterocycles. The van der Waals surface area contributed by atoms with Crippen molar-refractivity contribution >= 4 is 73.8 Å². The van der Waals surface area contributed by atoms with Crippen molar-refractivity contribution in [2.45, 2.75) is 58.9 Å². The third-order valence-corrected chi connectivity index (χ3v) is 13.9. The minimum atomic E-state index is -1.07. The molecule has 15 nitrogen and oxygen atoms in total. The molecule has 4 aromatic carbocycles. The number of carboxylic acids is 1. The van der Waals surface area contributed by atoms with E-state index in [1.165, 1.54) is 12.1 Å². The molecular formula is C52H52ClFN8O7. The van der Waals surface area contributed by atoms with Gasteiger partial charge in [-0.1, -0.05) is 29.8 Å². The van der Waals surface area contributed by atoms with E-state index in [0.29, 0.717) is 115 Å². The maximum Gasteiger partial charge on any atom is 0.352 e. The zero-order valence-corrected chi connectivity index (χ0v) is 39.6. The number of carbonyl (C=O) groups excluding carboxylic acids is 4. The van der Waals surface area contributed by atoms with Crippen LogP contribution >= 0.6 is 11.6 Å². The molecule has 7 aromatic rings. The van der Waals surface area contributed by atoms with Gasteiger partial charge < -0.3 is 24.6 Å². The number of amides is 4. The zero-order valence-electron chi connectivity index (χ0n) is 38.8. The van der Waals surface area contributed by atoms with Gasteiger partial charge in [0.05, 0.1) is 40.8 Å². The summed E-state index contributed by atoms with van der Waals surface area (Å²) in [5.41, 5.74) is 7.14. The summed E-state index contributed by atoms with van der Waals surface area (Å²) in [5.74, 6) is -2.60. The molecule has 0 spiro atoms. The van der Waals surface area contributed by atoms with E-state index in [1.807, 2.05) is 68.8 Å². The van der Waals surface area contributed by atoms with Crippen molar-refractivity contribution in [2.24, 2.45) is 7.05 Å². The van der Waals surface area contributed by atoms with E-state index in [4.69, 9.17) is 16.3 Å². The van der Waals surface area contributed by atoms with Gasteiger partial charge in [0, 0.05) is 97.0 Å². The van der Waals surface area contributed by atoms with Crippen LogP contribution in [0.3, 0.4) is 0 Å². The fourth-order valence-electron chi connectivity index (χ4n) is 9.97. The molecule has 3 N–H and O–H groups in total. The monoisotopic (exact) mass is 954 g/mol. The van der Waals surface area contributed by atoms with Crippen molar-refractivity contribution in [3.63, 3.8) is 0 Å². The molecule has 0 aliphatic carbocycles. The predicted octanol–water partition coefficient (Wildman–Crippen LogP) is 7.27. The maximum atomic E-state index is 14.0. The summed E-state index contributed by atoms with van der Waals surface area (Å²) in [6.45, 7) is 8.51. The topological polar surface area (TPSA) is 181 Å². The molecule has 0 saturated carbocycles. The Labute approximate surface area is 402 Å². The number of ether oxygens (including phenoxy) is 1. The molecule has 4 amide bonds. The molecule has 2 aliphatic heterocycles. The molecule has 2 fully saturated rings. The Kier molecular flexibility index (Phi) is 13.2. The Hall–Kier alpha value is -7.17. The number of hydrogen-bond donors (Lipinski definition) is 3. The van der Waals surface area contributed by atoms with Crippen LogP contribution in [0.4, 0.5) is 4.39 Å². The molecule has 9 rings (SSSR count). The highest BCUT2D eigenvalue weighted by Crippen LogP contribution is 2.42. The number of nitrogens with one attached hydrogen (secondary N) is 2. The number of aromatic nitrogens is 4. The van der Waals surface area contributed by atoms with Crippen molar-refractivity contribution in [1.82, 2.24) is 39.8 Å². The molecule has 5 heterocycles. The second-order valence-corrected chi connectivity index (χ2v) is 18.2. The minimum absolute atomic E-state index is 0.172. The first kappa shape index (κ1) is 46.9. The number of imide groups is 1. The summed E-state index contributed by atoms with van der Waals surface area (Å²) in [5, 5.41) is 24.2. The van der Waals surface area contributed by atoms with Crippen molar-refractivity contribution in [3.05, 3.63) is 123 Å². The average Bonchev–Trinajstić information content (AvgIpc) is 3.78. The highest BCUT2D eigenvalue weighted by Gasteiger charge is 2.31. The Morgan fingerprint density at radius 2 is 1.70 bits per heavy atom. The lowest BCUT2D eigenvalue weighted by atomic mass is 9.88. The third kappa shape index (κ3) is 9.38. The number of piperidine rings is 1. The molecule has 69 heavy (non-hydrogen) atoms. The van der Waals surface area contributed by atoms with Gasteiger partial charge in [-0.15, -0.1) is 0 Å². The minimum Gasteiger partial charge on any atom is -0.493 e. The summed E-state index contributed by atoms with van der Waals surface area (Å²) < 4.78 is 23.8. The number of pyridine rings is 1. The van der Waals surface area contributed by atoms with E-state index < -0.39 is 17.8 Å². The molecule has 17 heteroatoms. The van der Waals surface area contributed by atoms with Crippen LogP contribution in [0.2, 0.25) is 5.02 Å². The van der Waals surface area contributed by atoms with Gasteiger partial charge in [-0.05, 0) is 111 Å². The lowest BCUT2D eigenvalue weighted by molar-refractivity contribution is -0.134. The smallest absolute Gasteiger partial charge is 0.352 e. The number of piperazine rings is 1. The van der Waals surface area contributed by atoms with E-state index in [-0.39, 0.29) is 42.2 Å². The normalized spacial score (nSPS) is 15.6. The molecule has 0 bridgehead atoms. The number of aryl methyl sites for hydroxylation is 4. The second-order valence-electron chi connectivity index (χ2n) is 17.8. The van der Waals surface area contributed by atoms with Crippen LogP contribution in [-0.2, 0) is 34.4 Å². The summed E-state index contributed by atoms with van der Waals surface area (Å²) in [6.07, 6.45) is 1.52. The molecular weight excluding hydrogens is 903 g/mol. The first-order valence-electron chi connectivity index (χ1n) is 23.1. The Balaban J connectivity index is 0.880. The van der Waals surface area contributed by atoms with E-state index >= 15 is 0 Å². The van der Waals surface area contributed by atoms with Gasteiger partial charge >= 0.3 is 5.97 Å². The number of halogens is 2. The number of aromatic carboxylic acids is 1. The van der Waals surface area contributed by atoms with Crippen molar-refractivity contribution in [3.8, 4) is 16.9 Å². The highest BCUT2D eigenvalue weighted by atomic mass is 35.5. The first-order valence-corrected chi connectivity index (χ1v) is 23.5. The van der Waals surface area contributed by atoms with E-state index in [9.17, 15) is 33.5 Å². The third-order valence-electron chi connectivity index (χ3n) is 13.6. The van der Waals surface area contributed by atoms with Gasteiger partial charge in [0.15, 0.2) is 0 Å². The number of benzene rings is 4. The van der Waals surface area contributed by atoms with E-state index in [2.05, 4.69) is 25.6 Å². The molecule has 0 radical (unpaired) electrons. The summed E-state index contributed by atoms with van der Waals surface area (Å²) in [6, 6.07) is 20.6. The number of nitrogens with zero attached hydrogens (tertiary/aromatic N) is 6. The second kappa shape index (κ2) is 19.4. The summed E-state index contributed by atoms with van der Waals surface area (Å²) >= 11 is 7.06. The van der Waals surface area contributed by atoms with Gasteiger partial charge in [0.1, 0.15) is 17.3 Å². The largest absolute Gasteiger partial charge is 0.493 e. The Bertz CT molecular complexity index is 3230. The lowest BCUT2D eigenvalue weighted by Gasteiger charge is -2.35. The fraction of sp³-hybridized carbons (Fsp3) is 0.327. The van der Waals surface area contributed by atoms with Crippen LogP contribution in [0.15, 0.2) is 72.8 Å². The standard InChI is InChI=1S/C52H52ClFN8O7/c1-29-40(39-14-17-44(63)57-51(39)66)27-34-25-33(10-16-42(34)56-29)50(65)55-28-45(64)61-21-18-60(19-22-61)20-23-62-48-38(13-15-41(53)47(48)46-30(2)58-59(4)31(46)3)37(49(62)52(67)68)8-6-24-69-43-9-5-7-32-26-35(54)11-12-36(32)43/h5,7,9-13,15-16,25-27,39H,6,8,14,17-24,28H2,1-4H3,(H,55,65)(H,67,68)(H,57,63,66). The number of fused-ring (bicyclic) bond motifs is 3. The Morgan fingerprint density at radius 3 is 2.43 bits per heavy atom. The van der Waals surface area contributed by atoms with Gasteiger partial charge in [-0.25, -0.2) is 9.18 Å². The molecule has 356 valence electrons. The van der Waals surface area contributed by atoms with Crippen LogP contribution in [0.1, 0.15) is 74.2 Å². The molecule has 1 atom stereocenters. The van der Waals surface area contributed by atoms with E-state index in [1.54, 1.807) is 33.8 Å². The van der Waals surface area contributed by atoms with Crippen LogP contribution in [-0.4, -0.2) is 110 Å². The van der Waals surface area contributed by atoms with Gasteiger partial charge in [-0.2, -0.15) is 5.10 Å². The maximum absolute atomic E-state index is 14.0. The van der Waals surface area contributed by atoms with Gasteiger partial charge in [0.2, 0.25) is 17.7 Å². The number of carbonyl (C=O) groups is 5.